The average Bonchev–Trinajstić information content (AvgIpc) is 2.87. The summed E-state index contributed by atoms with van der Waals surface area (Å²) in [7, 11) is 1.68. The van der Waals surface area contributed by atoms with E-state index >= 15 is 0 Å². The second-order valence-electron chi connectivity index (χ2n) is 5.08. The van der Waals surface area contributed by atoms with Crippen LogP contribution in [-0.4, -0.2) is 22.2 Å². The molecule has 102 valence electrons. The highest BCUT2D eigenvalue weighted by Crippen LogP contribution is 2.27. The molecular formula is C15H20N2O2. The van der Waals surface area contributed by atoms with E-state index in [0.29, 0.717) is 5.82 Å². The predicted octanol–water partition coefficient (Wildman–Crippen LogP) is 2.88. The Morgan fingerprint density at radius 3 is 2.63 bits per heavy atom. The van der Waals surface area contributed by atoms with Gasteiger partial charge >= 0.3 is 0 Å². The van der Waals surface area contributed by atoms with Gasteiger partial charge in [-0.3, -0.25) is 0 Å². The minimum absolute atomic E-state index is 0.566. The number of benzene rings is 1. The van der Waals surface area contributed by atoms with Gasteiger partial charge in [-0.15, -0.1) is 0 Å². The van der Waals surface area contributed by atoms with E-state index in [0.717, 1.165) is 29.0 Å². The SMILES string of the molecule is CCc1cc(-c2cnc(C(C)(C)O)[nH]2)ccc1OC. The first kappa shape index (κ1) is 13.6. The Morgan fingerprint density at radius 1 is 1.37 bits per heavy atom. The molecule has 0 saturated carbocycles. The zero-order valence-electron chi connectivity index (χ0n) is 11.8. The molecule has 1 heterocycles. The summed E-state index contributed by atoms with van der Waals surface area (Å²) in [6.07, 6.45) is 2.65. The lowest BCUT2D eigenvalue weighted by Gasteiger charge is -2.13. The topological polar surface area (TPSA) is 58.1 Å². The molecule has 0 amide bonds. The van der Waals surface area contributed by atoms with Crippen LogP contribution >= 0.6 is 0 Å². The number of aryl methyl sites for hydroxylation is 1. The lowest BCUT2D eigenvalue weighted by Crippen LogP contribution is -2.17. The van der Waals surface area contributed by atoms with Gasteiger partial charge in [0, 0.05) is 5.56 Å². The fourth-order valence-electron chi connectivity index (χ4n) is 2.00. The number of hydrogen-bond donors (Lipinski definition) is 2. The highest BCUT2D eigenvalue weighted by Gasteiger charge is 2.20. The Bertz CT molecular complexity index is 568. The number of nitrogens with one attached hydrogen (secondary N) is 1. The number of imidazole rings is 1. The number of aromatic amines is 1. The van der Waals surface area contributed by atoms with Gasteiger partial charge in [0.15, 0.2) is 0 Å². The molecule has 2 N–H and O–H groups in total. The van der Waals surface area contributed by atoms with Gasteiger partial charge in [0.25, 0.3) is 0 Å². The fourth-order valence-corrected chi connectivity index (χ4v) is 2.00. The number of rotatable bonds is 4. The molecule has 1 aromatic heterocycles. The molecule has 0 aliphatic heterocycles. The first-order chi connectivity index (χ1) is 8.95. The first-order valence-electron chi connectivity index (χ1n) is 6.41. The highest BCUT2D eigenvalue weighted by atomic mass is 16.5. The number of hydrogen-bond acceptors (Lipinski definition) is 3. The maximum atomic E-state index is 9.92. The van der Waals surface area contributed by atoms with Crippen LogP contribution in [-0.2, 0) is 12.0 Å². The van der Waals surface area contributed by atoms with E-state index in [9.17, 15) is 5.11 Å². The Morgan fingerprint density at radius 2 is 2.11 bits per heavy atom. The Labute approximate surface area is 113 Å². The van der Waals surface area contributed by atoms with Gasteiger partial charge in [-0.25, -0.2) is 4.98 Å². The summed E-state index contributed by atoms with van der Waals surface area (Å²) in [6, 6.07) is 6.03. The second-order valence-corrected chi connectivity index (χ2v) is 5.08. The van der Waals surface area contributed by atoms with Crippen molar-refractivity contribution in [3.8, 4) is 17.0 Å². The van der Waals surface area contributed by atoms with Crippen molar-refractivity contribution in [3.05, 3.63) is 35.8 Å². The van der Waals surface area contributed by atoms with Crippen LogP contribution in [0.25, 0.3) is 11.3 Å². The van der Waals surface area contributed by atoms with Gasteiger partial charge in [0.1, 0.15) is 17.2 Å². The normalized spacial score (nSPS) is 11.6. The molecule has 0 aliphatic rings. The minimum Gasteiger partial charge on any atom is -0.496 e. The lowest BCUT2D eigenvalue weighted by atomic mass is 10.1. The van der Waals surface area contributed by atoms with Crippen LogP contribution in [0.2, 0.25) is 0 Å². The van der Waals surface area contributed by atoms with E-state index in [2.05, 4.69) is 23.0 Å². The Hall–Kier alpha value is -1.81. The molecule has 19 heavy (non-hydrogen) atoms. The van der Waals surface area contributed by atoms with Crippen LogP contribution in [0.1, 0.15) is 32.2 Å². The van der Waals surface area contributed by atoms with Crippen LogP contribution in [0, 0.1) is 0 Å². The van der Waals surface area contributed by atoms with Crippen molar-refractivity contribution in [3.63, 3.8) is 0 Å². The van der Waals surface area contributed by atoms with E-state index in [4.69, 9.17) is 4.74 Å². The fraction of sp³-hybridized carbons (Fsp3) is 0.400. The van der Waals surface area contributed by atoms with Gasteiger partial charge in [0.05, 0.1) is 19.0 Å². The summed E-state index contributed by atoms with van der Waals surface area (Å²) in [5, 5.41) is 9.92. The molecule has 1 aromatic carbocycles. The van der Waals surface area contributed by atoms with Crippen LogP contribution in [0.4, 0.5) is 0 Å². The third kappa shape index (κ3) is 2.79. The quantitative estimate of drug-likeness (QED) is 0.888. The maximum Gasteiger partial charge on any atom is 0.138 e. The zero-order valence-corrected chi connectivity index (χ0v) is 11.8. The van der Waals surface area contributed by atoms with Crippen molar-refractivity contribution in [2.75, 3.05) is 7.11 Å². The maximum absolute atomic E-state index is 9.92. The third-order valence-electron chi connectivity index (χ3n) is 3.13. The van der Waals surface area contributed by atoms with E-state index < -0.39 is 5.60 Å². The van der Waals surface area contributed by atoms with E-state index in [1.807, 2.05) is 12.1 Å². The average molecular weight is 260 g/mol. The van der Waals surface area contributed by atoms with E-state index in [1.165, 1.54) is 0 Å². The molecule has 0 aliphatic carbocycles. The second kappa shape index (κ2) is 5.05. The van der Waals surface area contributed by atoms with Crippen molar-refractivity contribution >= 4 is 0 Å². The van der Waals surface area contributed by atoms with Crippen LogP contribution in [0.15, 0.2) is 24.4 Å². The van der Waals surface area contributed by atoms with Crippen molar-refractivity contribution in [1.29, 1.82) is 0 Å². The summed E-state index contributed by atoms with van der Waals surface area (Å²) in [6.45, 7) is 5.51. The summed E-state index contributed by atoms with van der Waals surface area (Å²) in [4.78, 5) is 7.38. The monoisotopic (exact) mass is 260 g/mol. The third-order valence-corrected chi connectivity index (χ3v) is 3.13. The predicted molar refractivity (Wildman–Crippen MR) is 75.2 cm³/mol. The summed E-state index contributed by atoms with van der Waals surface area (Å²) in [5.41, 5.74) is 2.13. The lowest BCUT2D eigenvalue weighted by molar-refractivity contribution is 0.0697. The Balaban J connectivity index is 2.39. The number of methoxy groups -OCH3 is 1. The number of ether oxygens (including phenoxy) is 1. The molecule has 0 spiro atoms. The van der Waals surface area contributed by atoms with Crippen molar-refractivity contribution in [1.82, 2.24) is 9.97 Å². The number of H-pyrrole nitrogens is 1. The van der Waals surface area contributed by atoms with Crippen molar-refractivity contribution in [2.24, 2.45) is 0 Å². The number of aliphatic hydroxyl groups is 1. The van der Waals surface area contributed by atoms with Gasteiger partial charge in [0.2, 0.25) is 0 Å². The molecule has 0 atom stereocenters. The van der Waals surface area contributed by atoms with Crippen LogP contribution in [0.5, 0.6) is 5.75 Å². The summed E-state index contributed by atoms with van der Waals surface area (Å²) in [5.74, 6) is 1.46. The summed E-state index contributed by atoms with van der Waals surface area (Å²) < 4.78 is 5.32. The molecule has 4 nitrogen and oxygen atoms in total. The molecule has 0 radical (unpaired) electrons. The van der Waals surface area contributed by atoms with Crippen LogP contribution in [0.3, 0.4) is 0 Å². The van der Waals surface area contributed by atoms with Crippen molar-refractivity contribution in [2.45, 2.75) is 32.8 Å². The van der Waals surface area contributed by atoms with Crippen molar-refractivity contribution < 1.29 is 9.84 Å². The smallest absolute Gasteiger partial charge is 0.138 e. The van der Waals surface area contributed by atoms with E-state index in [1.54, 1.807) is 27.2 Å². The molecule has 0 unspecified atom stereocenters. The zero-order chi connectivity index (χ0) is 14.0. The van der Waals surface area contributed by atoms with Gasteiger partial charge in [-0.05, 0) is 44.0 Å². The molecule has 0 fully saturated rings. The molecule has 4 heteroatoms. The van der Waals surface area contributed by atoms with E-state index in [-0.39, 0.29) is 0 Å². The van der Waals surface area contributed by atoms with Crippen LogP contribution < -0.4 is 4.74 Å². The minimum atomic E-state index is -0.960. The molecular weight excluding hydrogens is 240 g/mol. The largest absolute Gasteiger partial charge is 0.496 e. The molecule has 2 rings (SSSR count). The standard InChI is InChI=1S/C15H20N2O2/c1-5-10-8-11(6-7-13(10)19-4)12-9-16-14(17-12)15(2,3)18/h6-9,18H,5H2,1-4H3,(H,16,17). The number of nitrogens with zero attached hydrogens (tertiary/aromatic N) is 1. The Kier molecular flexibility index (Phi) is 3.62. The van der Waals surface area contributed by atoms with Gasteiger partial charge in [-0.1, -0.05) is 6.92 Å². The van der Waals surface area contributed by atoms with Gasteiger partial charge in [-0.2, -0.15) is 0 Å². The van der Waals surface area contributed by atoms with Gasteiger partial charge < -0.3 is 14.8 Å². The number of aromatic nitrogens is 2. The molecule has 0 saturated heterocycles. The molecule has 2 aromatic rings. The summed E-state index contributed by atoms with van der Waals surface area (Å²) >= 11 is 0. The highest BCUT2D eigenvalue weighted by molar-refractivity contribution is 5.61. The molecule has 0 bridgehead atoms. The first-order valence-corrected chi connectivity index (χ1v) is 6.41.